The van der Waals surface area contributed by atoms with E-state index in [1.807, 2.05) is 13.0 Å². The van der Waals surface area contributed by atoms with Crippen molar-refractivity contribution in [1.29, 1.82) is 0 Å². The summed E-state index contributed by atoms with van der Waals surface area (Å²) in [4.78, 5) is 0. The van der Waals surface area contributed by atoms with Gasteiger partial charge in [-0.05, 0) is 24.5 Å². The first-order chi connectivity index (χ1) is 5.25. The zero-order chi connectivity index (χ0) is 8.27. The highest BCUT2D eigenvalue weighted by atomic mass is 14.6. The zero-order valence-electron chi connectivity index (χ0n) is 7.17. The van der Waals surface area contributed by atoms with E-state index >= 15 is 0 Å². The topological polar surface area (TPSA) is 26.0 Å². The molecular weight excluding hydrogens is 134 g/mol. The lowest BCUT2D eigenvalue weighted by Gasteiger charge is -2.09. The van der Waals surface area contributed by atoms with Gasteiger partial charge < -0.3 is 5.73 Å². The summed E-state index contributed by atoms with van der Waals surface area (Å²) in [6.07, 6.45) is 1.07. The van der Waals surface area contributed by atoms with Gasteiger partial charge in [-0.3, -0.25) is 0 Å². The first-order valence-corrected chi connectivity index (χ1v) is 4.09. The van der Waals surface area contributed by atoms with Gasteiger partial charge in [0.1, 0.15) is 0 Å². The molecule has 1 aromatic carbocycles. The van der Waals surface area contributed by atoms with E-state index in [0.29, 0.717) is 0 Å². The maximum atomic E-state index is 5.79. The van der Waals surface area contributed by atoms with Crippen molar-refractivity contribution in [2.24, 2.45) is 5.73 Å². The lowest BCUT2D eigenvalue weighted by atomic mass is 10.0. The monoisotopic (exact) mass is 149 g/mol. The van der Waals surface area contributed by atoms with Gasteiger partial charge >= 0.3 is 0 Å². The van der Waals surface area contributed by atoms with Crippen molar-refractivity contribution in [2.45, 2.75) is 26.3 Å². The Hall–Kier alpha value is -0.820. The molecule has 1 heteroatoms. The van der Waals surface area contributed by atoms with Crippen molar-refractivity contribution in [3.8, 4) is 0 Å². The fourth-order valence-electron chi connectivity index (χ4n) is 1.30. The van der Waals surface area contributed by atoms with Gasteiger partial charge in [-0.2, -0.15) is 0 Å². The molecule has 1 rings (SSSR count). The van der Waals surface area contributed by atoms with E-state index in [1.165, 1.54) is 11.1 Å². The van der Waals surface area contributed by atoms with Crippen molar-refractivity contribution >= 4 is 0 Å². The lowest BCUT2D eigenvalue weighted by Crippen LogP contribution is -2.07. The van der Waals surface area contributed by atoms with Crippen molar-refractivity contribution < 1.29 is 0 Å². The Bertz CT molecular complexity index is 228. The minimum absolute atomic E-state index is 0.158. The molecule has 1 nitrogen and oxygen atoms in total. The summed E-state index contributed by atoms with van der Waals surface area (Å²) in [6, 6.07) is 8.50. The molecule has 0 saturated heterocycles. The average Bonchev–Trinajstić information content (AvgIpc) is 2.04. The first kappa shape index (κ1) is 8.28. The van der Waals surface area contributed by atoms with Crippen LogP contribution in [-0.4, -0.2) is 0 Å². The highest BCUT2D eigenvalue weighted by Crippen LogP contribution is 2.15. The summed E-state index contributed by atoms with van der Waals surface area (Å²) >= 11 is 0. The second-order valence-electron chi connectivity index (χ2n) is 2.84. The number of aryl methyl sites for hydroxylation is 1. The van der Waals surface area contributed by atoms with E-state index in [0.717, 1.165) is 6.42 Å². The van der Waals surface area contributed by atoms with Crippen LogP contribution in [0, 0.1) is 0 Å². The van der Waals surface area contributed by atoms with Crippen LogP contribution in [-0.2, 0) is 6.42 Å². The van der Waals surface area contributed by atoms with Gasteiger partial charge in [0.15, 0.2) is 0 Å². The molecule has 0 aliphatic rings. The van der Waals surface area contributed by atoms with Gasteiger partial charge in [0.2, 0.25) is 0 Å². The van der Waals surface area contributed by atoms with E-state index in [4.69, 9.17) is 5.73 Å². The highest BCUT2D eigenvalue weighted by molar-refractivity contribution is 5.29. The molecule has 0 aliphatic carbocycles. The predicted octanol–water partition coefficient (Wildman–Crippen LogP) is 2.27. The molecule has 0 aliphatic heterocycles. The van der Waals surface area contributed by atoms with E-state index in [2.05, 4.69) is 25.1 Å². The van der Waals surface area contributed by atoms with E-state index < -0.39 is 0 Å². The number of benzene rings is 1. The second kappa shape index (κ2) is 3.54. The van der Waals surface area contributed by atoms with Gasteiger partial charge in [-0.25, -0.2) is 0 Å². The van der Waals surface area contributed by atoms with Crippen LogP contribution in [0.25, 0.3) is 0 Å². The molecule has 0 bridgehead atoms. The van der Waals surface area contributed by atoms with Crippen LogP contribution in [0.3, 0.4) is 0 Å². The van der Waals surface area contributed by atoms with Crippen LogP contribution < -0.4 is 5.73 Å². The summed E-state index contributed by atoms with van der Waals surface area (Å²) < 4.78 is 0. The van der Waals surface area contributed by atoms with Crippen LogP contribution in [0.5, 0.6) is 0 Å². The van der Waals surface area contributed by atoms with Gasteiger partial charge in [0.05, 0.1) is 0 Å². The largest absolute Gasteiger partial charge is 0.324 e. The van der Waals surface area contributed by atoms with Crippen LogP contribution in [0.1, 0.15) is 31.0 Å². The van der Waals surface area contributed by atoms with Crippen molar-refractivity contribution in [2.75, 3.05) is 0 Å². The standard InChI is InChI=1S/C10H15N/c1-3-9-6-4-5-7-10(9)8(2)11/h4-8H,3,11H2,1-2H3/t8-/m0/s1. The summed E-state index contributed by atoms with van der Waals surface area (Å²) in [5, 5.41) is 0. The number of nitrogens with two attached hydrogens (primary N) is 1. The first-order valence-electron chi connectivity index (χ1n) is 4.09. The lowest BCUT2D eigenvalue weighted by molar-refractivity contribution is 0.801. The Balaban J connectivity index is 3.02. The fourth-order valence-corrected chi connectivity index (χ4v) is 1.30. The maximum Gasteiger partial charge on any atom is 0.0268 e. The van der Waals surface area contributed by atoms with E-state index in [9.17, 15) is 0 Å². The quantitative estimate of drug-likeness (QED) is 0.685. The third-order valence-electron chi connectivity index (χ3n) is 1.93. The van der Waals surface area contributed by atoms with E-state index in [1.54, 1.807) is 0 Å². The van der Waals surface area contributed by atoms with Gasteiger partial charge in [0, 0.05) is 6.04 Å². The summed E-state index contributed by atoms with van der Waals surface area (Å²) in [5.41, 5.74) is 8.43. The molecule has 60 valence electrons. The summed E-state index contributed by atoms with van der Waals surface area (Å²) in [5.74, 6) is 0. The average molecular weight is 149 g/mol. The molecule has 1 aromatic rings. The Morgan fingerprint density at radius 1 is 1.36 bits per heavy atom. The van der Waals surface area contributed by atoms with E-state index in [-0.39, 0.29) is 6.04 Å². The fraction of sp³-hybridized carbons (Fsp3) is 0.400. The van der Waals surface area contributed by atoms with Crippen molar-refractivity contribution in [3.05, 3.63) is 35.4 Å². The zero-order valence-corrected chi connectivity index (χ0v) is 7.17. The molecule has 0 radical (unpaired) electrons. The van der Waals surface area contributed by atoms with Crippen LogP contribution >= 0.6 is 0 Å². The third-order valence-corrected chi connectivity index (χ3v) is 1.93. The molecule has 0 spiro atoms. The number of rotatable bonds is 2. The molecule has 0 amide bonds. The smallest absolute Gasteiger partial charge is 0.0268 e. The molecule has 0 fully saturated rings. The van der Waals surface area contributed by atoms with Gasteiger partial charge in [-0.1, -0.05) is 31.2 Å². The Morgan fingerprint density at radius 2 is 2.00 bits per heavy atom. The molecule has 0 aromatic heterocycles. The molecule has 0 unspecified atom stereocenters. The van der Waals surface area contributed by atoms with Crippen LogP contribution in [0.4, 0.5) is 0 Å². The Labute approximate surface area is 68.2 Å². The van der Waals surface area contributed by atoms with Crippen LogP contribution in [0.2, 0.25) is 0 Å². The Kier molecular flexibility index (Phi) is 2.66. The minimum Gasteiger partial charge on any atom is -0.324 e. The number of hydrogen-bond donors (Lipinski definition) is 1. The normalized spacial score (nSPS) is 13.0. The highest BCUT2D eigenvalue weighted by Gasteiger charge is 2.02. The summed E-state index contributed by atoms with van der Waals surface area (Å²) in [6.45, 7) is 4.18. The second-order valence-corrected chi connectivity index (χ2v) is 2.84. The van der Waals surface area contributed by atoms with Crippen molar-refractivity contribution in [3.63, 3.8) is 0 Å². The minimum atomic E-state index is 0.158. The molecule has 1 atom stereocenters. The van der Waals surface area contributed by atoms with Crippen molar-refractivity contribution in [1.82, 2.24) is 0 Å². The molecule has 11 heavy (non-hydrogen) atoms. The third kappa shape index (κ3) is 1.81. The van der Waals surface area contributed by atoms with Crippen LogP contribution in [0.15, 0.2) is 24.3 Å². The molecule has 0 heterocycles. The molecule has 0 saturated carbocycles. The van der Waals surface area contributed by atoms with Gasteiger partial charge in [-0.15, -0.1) is 0 Å². The van der Waals surface area contributed by atoms with Gasteiger partial charge in [0.25, 0.3) is 0 Å². The predicted molar refractivity (Wildman–Crippen MR) is 48.4 cm³/mol. The SMILES string of the molecule is CCc1ccccc1[C@H](C)N. The molecular formula is C10H15N. The Morgan fingerprint density at radius 3 is 2.45 bits per heavy atom. The molecule has 2 N–H and O–H groups in total. The summed E-state index contributed by atoms with van der Waals surface area (Å²) in [7, 11) is 0. The number of hydrogen-bond acceptors (Lipinski definition) is 1. The maximum absolute atomic E-state index is 5.79.